The van der Waals surface area contributed by atoms with Crippen molar-refractivity contribution in [1.29, 1.82) is 0 Å². The van der Waals surface area contributed by atoms with Crippen molar-refractivity contribution in [3.05, 3.63) is 119 Å². The molecule has 2 aromatic heterocycles. The van der Waals surface area contributed by atoms with E-state index in [1.165, 1.54) is 0 Å². The quantitative estimate of drug-likeness (QED) is 0.153. The van der Waals surface area contributed by atoms with Crippen LogP contribution in [0.15, 0.2) is 107 Å². The predicted molar refractivity (Wildman–Crippen MR) is 165 cm³/mol. The maximum atomic E-state index is 14.3. The molecule has 6 heteroatoms. The molecule has 6 nitrogen and oxygen atoms in total. The molecule has 0 radical (unpaired) electrons. The molecule has 41 heavy (non-hydrogen) atoms. The summed E-state index contributed by atoms with van der Waals surface area (Å²) in [4.78, 5) is 26.8. The van der Waals surface area contributed by atoms with E-state index in [-0.39, 0.29) is 5.56 Å². The fourth-order valence-corrected chi connectivity index (χ4v) is 7.10. The Morgan fingerprint density at radius 1 is 0.707 bits per heavy atom. The fourth-order valence-electron chi connectivity index (χ4n) is 7.10. The largest absolute Gasteiger partial charge is 0.356 e. The number of fused-ring (bicyclic) bond motifs is 6. The van der Waals surface area contributed by atoms with Gasteiger partial charge < -0.3 is 9.64 Å². The van der Waals surface area contributed by atoms with E-state index in [1.54, 1.807) is 4.40 Å². The van der Waals surface area contributed by atoms with Gasteiger partial charge in [0.1, 0.15) is 18.2 Å². The summed E-state index contributed by atoms with van der Waals surface area (Å²) in [6.07, 6.45) is 0. The van der Waals surface area contributed by atoms with Crippen LogP contribution in [0.5, 0.6) is 0 Å². The van der Waals surface area contributed by atoms with E-state index < -0.39 is 0 Å². The number of rotatable bonds is 0. The van der Waals surface area contributed by atoms with E-state index in [4.69, 9.17) is 14.7 Å². The van der Waals surface area contributed by atoms with Crippen molar-refractivity contribution in [2.75, 3.05) is 11.6 Å². The van der Waals surface area contributed by atoms with Gasteiger partial charge in [-0.2, -0.15) is 0 Å². The Morgan fingerprint density at radius 3 is 2.39 bits per heavy atom. The molecule has 0 N–H and O–H groups in total. The number of hydrogen-bond acceptors (Lipinski definition) is 5. The standard InChI is InChI=1S/C35H20N4O2/c40-35-24-16-15-22-29-21(17-41-18-38-27-11-3-7-19-5-1-9-25(30(19)27)36-33(22)38)13-14-23(32(24)29)34-37-26-10-2-6-20-8-4-12-28(31(20)26)39(34)35/h1-16H,17-18H2. The van der Waals surface area contributed by atoms with E-state index in [2.05, 4.69) is 71.6 Å². The minimum Gasteiger partial charge on any atom is -0.356 e. The van der Waals surface area contributed by atoms with E-state index in [9.17, 15) is 4.79 Å². The lowest BCUT2D eigenvalue weighted by Gasteiger charge is -2.33. The van der Waals surface area contributed by atoms with Crippen molar-refractivity contribution in [2.45, 2.75) is 6.61 Å². The second-order valence-electron chi connectivity index (χ2n) is 10.9. The highest BCUT2D eigenvalue weighted by Gasteiger charge is 2.29. The number of benzene rings is 6. The summed E-state index contributed by atoms with van der Waals surface area (Å²) in [6.45, 7) is 0.818. The number of pyridine rings is 1. The van der Waals surface area contributed by atoms with Crippen LogP contribution in [0.4, 0.5) is 11.4 Å². The van der Waals surface area contributed by atoms with Crippen molar-refractivity contribution in [1.82, 2.24) is 9.38 Å². The smallest absolute Gasteiger partial charge is 0.264 e. The zero-order valence-corrected chi connectivity index (χ0v) is 21.8. The molecule has 4 heterocycles. The first kappa shape index (κ1) is 21.5. The van der Waals surface area contributed by atoms with E-state index in [1.807, 2.05) is 30.3 Å². The van der Waals surface area contributed by atoms with Crippen LogP contribution in [0.25, 0.3) is 59.8 Å². The molecule has 0 amide bonds. The van der Waals surface area contributed by atoms with Crippen LogP contribution in [-0.4, -0.2) is 22.0 Å². The lowest BCUT2D eigenvalue weighted by molar-refractivity contribution is 0.129. The SMILES string of the molecule is O=c1c2ccc3c4c(ccc(c42)c2nc4cccc5cccc(c54)n12)COCN1C3=Nc2cccc3cccc1c23. The summed E-state index contributed by atoms with van der Waals surface area (Å²) in [5.74, 6) is 0.830. The fraction of sp³-hybridized carbons (Fsp3) is 0.0571. The second-order valence-corrected chi connectivity index (χ2v) is 10.9. The van der Waals surface area contributed by atoms with E-state index >= 15 is 0 Å². The van der Waals surface area contributed by atoms with Gasteiger partial charge in [0.2, 0.25) is 0 Å². The molecule has 0 fully saturated rings. The Hall–Kier alpha value is -5.33. The van der Waals surface area contributed by atoms with Gasteiger partial charge in [-0.3, -0.25) is 9.20 Å². The predicted octanol–water partition coefficient (Wildman–Crippen LogP) is 7.28. The molecule has 192 valence electrons. The maximum absolute atomic E-state index is 14.3. The van der Waals surface area contributed by atoms with Crippen LogP contribution in [0.3, 0.4) is 0 Å². The first-order chi connectivity index (χ1) is 20.3. The van der Waals surface area contributed by atoms with Crippen LogP contribution in [0.2, 0.25) is 0 Å². The summed E-state index contributed by atoms with van der Waals surface area (Å²) in [7, 11) is 0. The molecule has 6 aromatic carbocycles. The zero-order chi connectivity index (χ0) is 26.8. The van der Waals surface area contributed by atoms with Gasteiger partial charge in [0, 0.05) is 32.5 Å². The Labute approximate surface area is 232 Å². The van der Waals surface area contributed by atoms with Gasteiger partial charge in [0.25, 0.3) is 5.56 Å². The minimum atomic E-state index is -0.0671. The number of amidine groups is 1. The number of hydrogen-bond donors (Lipinski definition) is 0. The number of aliphatic imine (C=N–C) groups is 1. The topological polar surface area (TPSA) is 59.2 Å². The minimum absolute atomic E-state index is 0.0671. The normalized spacial score (nSPS) is 14.7. The third kappa shape index (κ3) is 2.63. The van der Waals surface area contributed by atoms with Crippen molar-refractivity contribution in [3.8, 4) is 0 Å². The van der Waals surface area contributed by atoms with Crippen LogP contribution in [0.1, 0.15) is 11.1 Å². The molecular weight excluding hydrogens is 508 g/mol. The molecule has 0 aliphatic carbocycles. The number of anilines is 1. The zero-order valence-electron chi connectivity index (χ0n) is 21.8. The average molecular weight is 529 g/mol. The highest BCUT2D eigenvalue weighted by molar-refractivity contribution is 6.28. The number of ether oxygens (including phenoxy) is 1. The summed E-state index contributed by atoms with van der Waals surface area (Å²) < 4.78 is 8.09. The van der Waals surface area contributed by atoms with Crippen LogP contribution in [0, 0.1) is 0 Å². The van der Waals surface area contributed by atoms with Crippen LogP contribution in [-0.2, 0) is 11.3 Å². The molecular formula is C35H20N4O2. The Morgan fingerprint density at radius 2 is 1.49 bits per heavy atom. The Balaban J connectivity index is 1.38. The number of aromatic nitrogens is 2. The van der Waals surface area contributed by atoms with Gasteiger partial charge in [-0.05, 0) is 58.1 Å². The molecule has 2 aliphatic rings. The lowest BCUT2D eigenvalue weighted by atomic mass is 9.92. The molecule has 0 saturated carbocycles. The highest BCUT2D eigenvalue weighted by Crippen LogP contribution is 2.43. The summed E-state index contributed by atoms with van der Waals surface area (Å²) in [6, 6.07) is 33.0. The van der Waals surface area contributed by atoms with Gasteiger partial charge in [-0.15, -0.1) is 0 Å². The highest BCUT2D eigenvalue weighted by atomic mass is 16.5. The van der Waals surface area contributed by atoms with Gasteiger partial charge >= 0.3 is 0 Å². The van der Waals surface area contributed by atoms with E-state index in [0.717, 1.165) is 77.1 Å². The number of nitrogens with zero attached hydrogens (tertiary/aromatic N) is 4. The van der Waals surface area contributed by atoms with Gasteiger partial charge in [-0.1, -0.05) is 60.7 Å². The van der Waals surface area contributed by atoms with Gasteiger partial charge in [0.05, 0.1) is 29.0 Å². The van der Waals surface area contributed by atoms with Crippen LogP contribution >= 0.6 is 0 Å². The Bertz CT molecular complexity index is 2540. The van der Waals surface area contributed by atoms with E-state index in [0.29, 0.717) is 24.4 Å². The molecule has 2 aliphatic heterocycles. The first-order valence-corrected chi connectivity index (χ1v) is 13.8. The third-order valence-corrected chi connectivity index (χ3v) is 8.81. The molecule has 0 atom stereocenters. The summed E-state index contributed by atoms with van der Waals surface area (Å²) in [5, 5.41) is 7.88. The molecule has 0 spiro atoms. The molecule has 10 rings (SSSR count). The third-order valence-electron chi connectivity index (χ3n) is 8.81. The first-order valence-electron chi connectivity index (χ1n) is 13.8. The van der Waals surface area contributed by atoms with Crippen molar-refractivity contribution in [2.24, 2.45) is 4.99 Å². The van der Waals surface area contributed by atoms with Gasteiger partial charge in [0.15, 0.2) is 0 Å². The maximum Gasteiger partial charge on any atom is 0.264 e. The second kappa shape index (κ2) is 7.44. The van der Waals surface area contributed by atoms with Crippen molar-refractivity contribution < 1.29 is 4.74 Å². The van der Waals surface area contributed by atoms with Crippen LogP contribution < -0.4 is 10.5 Å². The Kier molecular flexibility index (Phi) is 3.90. The van der Waals surface area contributed by atoms with Crippen molar-refractivity contribution in [3.63, 3.8) is 0 Å². The molecule has 0 unspecified atom stereocenters. The average Bonchev–Trinajstić information content (AvgIpc) is 3.00. The summed E-state index contributed by atoms with van der Waals surface area (Å²) >= 11 is 0. The molecule has 8 aromatic rings. The monoisotopic (exact) mass is 528 g/mol. The van der Waals surface area contributed by atoms with Gasteiger partial charge in [-0.25, -0.2) is 9.98 Å². The summed E-state index contributed by atoms with van der Waals surface area (Å²) in [5.41, 5.74) is 6.41. The lowest BCUT2D eigenvalue weighted by Crippen LogP contribution is -2.36. The van der Waals surface area contributed by atoms with Crippen molar-refractivity contribution >= 4 is 77.0 Å². The molecule has 0 saturated heterocycles. The molecule has 0 bridgehead atoms.